The van der Waals surface area contributed by atoms with Gasteiger partial charge in [-0.05, 0) is 17.5 Å². The van der Waals surface area contributed by atoms with Crippen LogP contribution in [0.5, 0.6) is 0 Å². The van der Waals surface area contributed by atoms with Crippen molar-refractivity contribution in [2.75, 3.05) is 13.2 Å². The summed E-state index contributed by atoms with van der Waals surface area (Å²) in [6.07, 6.45) is 4.91. The highest BCUT2D eigenvalue weighted by Gasteiger charge is 2.05. The molecule has 0 aromatic heterocycles. The Morgan fingerprint density at radius 2 is 1.29 bits per heavy atom. The molecular formula is C19H23NO. The van der Waals surface area contributed by atoms with Crippen molar-refractivity contribution in [3.05, 3.63) is 83.9 Å². The molecule has 0 aliphatic rings. The van der Waals surface area contributed by atoms with Crippen LogP contribution in [0.15, 0.2) is 72.8 Å². The lowest BCUT2D eigenvalue weighted by atomic mass is 10.1. The van der Waals surface area contributed by atoms with Crippen LogP contribution in [0, 0.1) is 0 Å². The minimum atomic E-state index is 0.216. The molecule has 2 heteroatoms. The maximum absolute atomic E-state index is 8.84. The highest BCUT2D eigenvalue weighted by atomic mass is 16.2. The van der Waals surface area contributed by atoms with Crippen molar-refractivity contribution in [1.29, 1.82) is 0 Å². The highest BCUT2D eigenvalue weighted by Crippen LogP contribution is 2.10. The first-order valence-electron chi connectivity index (χ1n) is 7.44. The third-order valence-corrected chi connectivity index (χ3v) is 3.32. The first kappa shape index (κ1) is 15.5. The van der Waals surface area contributed by atoms with E-state index in [4.69, 9.17) is 5.11 Å². The summed E-state index contributed by atoms with van der Waals surface area (Å²) in [6, 6.07) is 21.1. The van der Waals surface area contributed by atoms with Crippen LogP contribution in [0.1, 0.15) is 17.5 Å². The molecule has 0 radical (unpaired) electrons. The van der Waals surface area contributed by atoms with E-state index in [-0.39, 0.29) is 6.61 Å². The van der Waals surface area contributed by atoms with Crippen molar-refractivity contribution in [3.8, 4) is 0 Å². The fourth-order valence-electron chi connectivity index (χ4n) is 2.28. The fraction of sp³-hybridized carbons (Fsp3) is 0.263. The van der Waals surface area contributed by atoms with Gasteiger partial charge in [-0.2, -0.15) is 0 Å². The van der Waals surface area contributed by atoms with Crippen LogP contribution in [-0.4, -0.2) is 23.2 Å². The highest BCUT2D eigenvalue weighted by molar-refractivity contribution is 5.17. The summed E-state index contributed by atoms with van der Waals surface area (Å²) in [5.74, 6) is 0. The van der Waals surface area contributed by atoms with E-state index in [0.29, 0.717) is 0 Å². The Hall–Kier alpha value is -1.90. The molecule has 2 aromatic carbocycles. The van der Waals surface area contributed by atoms with E-state index in [1.165, 1.54) is 11.1 Å². The maximum atomic E-state index is 8.84. The van der Waals surface area contributed by atoms with Crippen LogP contribution in [0.2, 0.25) is 0 Å². The van der Waals surface area contributed by atoms with Gasteiger partial charge in [-0.3, -0.25) is 4.90 Å². The van der Waals surface area contributed by atoms with Gasteiger partial charge in [-0.25, -0.2) is 0 Å². The number of benzene rings is 2. The molecule has 21 heavy (non-hydrogen) atoms. The van der Waals surface area contributed by atoms with Crippen molar-refractivity contribution in [3.63, 3.8) is 0 Å². The van der Waals surface area contributed by atoms with Crippen LogP contribution >= 0.6 is 0 Å². The first-order chi connectivity index (χ1) is 10.4. The zero-order valence-electron chi connectivity index (χ0n) is 12.4. The molecular weight excluding hydrogens is 258 g/mol. The third-order valence-electron chi connectivity index (χ3n) is 3.32. The van der Waals surface area contributed by atoms with Crippen molar-refractivity contribution in [2.45, 2.75) is 19.5 Å². The Kier molecular flexibility index (Phi) is 6.72. The quantitative estimate of drug-likeness (QED) is 0.747. The van der Waals surface area contributed by atoms with E-state index < -0.39 is 0 Å². The number of rotatable bonds is 8. The molecule has 0 saturated heterocycles. The predicted octanol–water partition coefficient (Wildman–Crippen LogP) is 3.63. The van der Waals surface area contributed by atoms with E-state index in [1.54, 1.807) is 0 Å². The SMILES string of the molecule is OCC/C=C/CN(Cc1ccccc1)Cc1ccccc1. The zero-order valence-corrected chi connectivity index (χ0v) is 12.4. The van der Waals surface area contributed by atoms with Crippen molar-refractivity contribution < 1.29 is 5.11 Å². The summed E-state index contributed by atoms with van der Waals surface area (Å²) in [5.41, 5.74) is 2.65. The lowest BCUT2D eigenvalue weighted by Gasteiger charge is -2.21. The van der Waals surface area contributed by atoms with Gasteiger partial charge in [0.05, 0.1) is 0 Å². The summed E-state index contributed by atoms with van der Waals surface area (Å²) in [6.45, 7) is 2.97. The second-order valence-corrected chi connectivity index (χ2v) is 5.12. The molecule has 2 aromatic rings. The summed E-state index contributed by atoms with van der Waals surface area (Å²) in [7, 11) is 0. The zero-order chi connectivity index (χ0) is 14.8. The van der Waals surface area contributed by atoms with E-state index in [0.717, 1.165) is 26.1 Å². The molecule has 0 fully saturated rings. The average molecular weight is 281 g/mol. The molecule has 0 aliphatic carbocycles. The summed E-state index contributed by atoms with van der Waals surface area (Å²) in [4.78, 5) is 2.40. The van der Waals surface area contributed by atoms with E-state index in [2.05, 4.69) is 59.5 Å². The number of hydrogen-bond donors (Lipinski definition) is 1. The van der Waals surface area contributed by atoms with E-state index in [1.807, 2.05) is 18.2 Å². The molecule has 0 spiro atoms. The summed E-state index contributed by atoms with van der Waals surface area (Å²) < 4.78 is 0. The minimum absolute atomic E-state index is 0.216. The van der Waals surface area contributed by atoms with Gasteiger partial charge in [-0.1, -0.05) is 72.8 Å². The van der Waals surface area contributed by atoms with E-state index >= 15 is 0 Å². The van der Waals surface area contributed by atoms with E-state index in [9.17, 15) is 0 Å². The van der Waals surface area contributed by atoms with Crippen molar-refractivity contribution in [2.24, 2.45) is 0 Å². The fourth-order valence-corrected chi connectivity index (χ4v) is 2.28. The standard InChI is InChI=1S/C19H23NO/c21-15-9-3-8-14-20(16-18-10-4-1-5-11-18)17-19-12-6-2-7-13-19/h1-8,10-13,21H,9,14-17H2/b8-3+. The van der Waals surface area contributed by atoms with Gasteiger partial charge in [0.1, 0.15) is 0 Å². The number of aliphatic hydroxyl groups is 1. The van der Waals surface area contributed by atoms with Gasteiger partial charge < -0.3 is 5.11 Å². The Balaban J connectivity index is 1.99. The molecule has 0 heterocycles. The number of hydrogen-bond acceptors (Lipinski definition) is 2. The summed E-state index contributed by atoms with van der Waals surface area (Å²) in [5, 5.41) is 8.84. The van der Waals surface area contributed by atoms with Crippen LogP contribution in [-0.2, 0) is 13.1 Å². The van der Waals surface area contributed by atoms with Crippen LogP contribution < -0.4 is 0 Å². The van der Waals surface area contributed by atoms with Gasteiger partial charge in [0.2, 0.25) is 0 Å². The molecule has 0 atom stereocenters. The largest absolute Gasteiger partial charge is 0.396 e. The van der Waals surface area contributed by atoms with Crippen LogP contribution in [0.3, 0.4) is 0 Å². The van der Waals surface area contributed by atoms with Crippen LogP contribution in [0.25, 0.3) is 0 Å². The van der Waals surface area contributed by atoms with Crippen LogP contribution in [0.4, 0.5) is 0 Å². The Morgan fingerprint density at radius 1 is 0.762 bits per heavy atom. The second kappa shape index (κ2) is 9.11. The monoisotopic (exact) mass is 281 g/mol. The van der Waals surface area contributed by atoms with Gasteiger partial charge in [0, 0.05) is 26.2 Å². The predicted molar refractivity (Wildman–Crippen MR) is 87.8 cm³/mol. The molecule has 2 nitrogen and oxygen atoms in total. The van der Waals surface area contributed by atoms with Crippen molar-refractivity contribution >= 4 is 0 Å². The van der Waals surface area contributed by atoms with Crippen molar-refractivity contribution in [1.82, 2.24) is 4.90 Å². The third kappa shape index (κ3) is 5.94. The lowest BCUT2D eigenvalue weighted by Crippen LogP contribution is -2.22. The smallest absolute Gasteiger partial charge is 0.0465 e. The van der Waals surface area contributed by atoms with Gasteiger partial charge in [-0.15, -0.1) is 0 Å². The topological polar surface area (TPSA) is 23.5 Å². The van der Waals surface area contributed by atoms with Gasteiger partial charge in [0.25, 0.3) is 0 Å². The Labute approximate surface area is 127 Å². The average Bonchev–Trinajstić information content (AvgIpc) is 2.53. The second-order valence-electron chi connectivity index (χ2n) is 5.12. The molecule has 1 N–H and O–H groups in total. The molecule has 0 saturated carbocycles. The molecule has 0 bridgehead atoms. The molecule has 2 rings (SSSR count). The Morgan fingerprint density at radius 3 is 1.76 bits per heavy atom. The number of aliphatic hydroxyl groups excluding tert-OH is 1. The first-order valence-corrected chi connectivity index (χ1v) is 7.44. The molecule has 0 aliphatic heterocycles. The van der Waals surface area contributed by atoms with Gasteiger partial charge >= 0.3 is 0 Å². The molecule has 0 unspecified atom stereocenters. The Bertz CT molecular complexity index is 480. The maximum Gasteiger partial charge on any atom is 0.0465 e. The summed E-state index contributed by atoms with van der Waals surface area (Å²) >= 11 is 0. The minimum Gasteiger partial charge on any atom is -0.396 e. The normalized spacial score (nSPS) is 11.3. The van der Waals surface area contributed by atoms with Gasteiger partial charge in [0.15, 0.2) is 0 Å². The molecule has 110 valence electrons. The lowest BCUT2D eigenvalue weighted by molar-refractivity contribution is 0.284. The molecule has 0 amide bonds. The number of nitrogens with zero attached hydrogens (tertiary/aromatic N) is 1.